The van der Waals surface area contributed by atoms with Crippen molar-refractivity contribution in [2.45, 2.75) is 0 Å². The molecule has 7 heteroatoms. The fraction of sp³-hybridized carbons (Fsp3) is 0.167. The topological polar surface area (TPSA) is 87.1 Å². The van der Waals surface area contributed by atoms with Crippen molar-refractivity contribution in [3.8, 4) is 11.1 Å². The van der Waals surface area contributed by atoms with Gasteiger partial charge in [-0.25, -0.2) is 4.79 Å². The van der Waals surface area contributed by atoms with Crippen molar-refractivity contribution < 1.29 is 4.92 Å². The molecule has 1 aromatic carbocycles. The largest absolute Gasteiger partial charge is 0.330 e. The molecule has 19 heavy (non-hydrogen) atoms. The zero-order valence-electron chi connectivity index (χ0n) is 10.4. The first kappa shape index (κ1) is 12.7. The number of aryl methyl sites for hydroxylation is 1. The van der Waals surface area contributed by atoms with Crippen LogP contribution in [0.25, 0.3) is 11.1 Å². The average Bonchev–Trinajstić information content (AvgIpc) is 2.40. The number of nitro groups is 1. The summed E-state index contributed by atoms with van der Waals surface area (Å²) in [5.41, 5.74) is -0.0562. The third-order valence-corrected chi connectivity index (χ3v) is 2.84. The lowest BCUT2D eigenvalue weighted by molar-refractivity contribution is -0.384. The van der Waals surface area contributed by atoms with Crippen LogP contribution >= 0.6 is 0 Å². The lowest BCUT2D eigenvalue weighted by Gasteiger charge is -2.06. The Hall–Kier alpha value is -2.70. The summed E-state index contributed by atoms with van der Waals surface area (Å²) in [5, 5.41) is 10.6. The quantitative estimate of drug-likeness (QED) is 0.587. The van der Waals surface area contributed by atoms with E-state index in [1.807, 2.05) is 0 Å². The van der Waals surface area contributed by atoms with Gasteiger partial charge in [-0.05, 0) is 17.7 Å². The molecule has 0 aliphatic carbocycles. The number of nitro benzene ring substituents is 1. The summed E-state index contributed by atoms with van der Waals surface area (Å²) < 4.78 is 2.29. The molecule has 0 amide bonds. The van der Waals surface area contributed by atoms with Crippen LogP contribution in [0.2, 0.25) is 0 Å². The fourth-order valence-electron chi connectivity index (χ4n) is 1.77. The maximum Gasteiger partial charge on any atom is 0.330 e. The number of hydrogen-bond donors (Lipinski definition) is 0. The Kier molecular flexibility index (Phi) is 3.04. The van der Waals surface area contributed by atoms with E-state index in [1.165, 1.54) is 49.1 Å². The highest BCUT2D eigenvalue weighted by Crippen LogP contribution is 2.18. The second-order valence-corrected chi connectivity index (χ2v) is 4.10. The minimum absolute atomic E-state index is 0.0506. The Bertz CT molecular complexity index is 756. The van der Waals surface area contributed by atoms with Crippen molar-refractivity contribution in [2.24, 2.45) is 14.1 Å². The molecular weight excluding hydrogens is 250 g/mol. The molecule has 0 atom stereocenters. The molecule has 2 aromatic rings. The van der Waals surface area contributed by atoms with Gasteiger partial charge in [-0.15, -0.1) is 0 Å². The molecule has 0 fully saturated rings. The molecule has 1 heterocycles. The maximum absolute atomic E-state index is 12.0. The van der Waals surface area contributed by atoms with Gasteiger partial charge in [-0.3, -0.25) is 19.5 Å². The van der Waals surface area contributed by atoms with Gasteiger partial charge in [0.2, 0.25) is 0 Å². The Balaban J connectivity index is 2.63. The summed E-state index contributed by atoms with van der Waals surface area (Å²) in [6, 6.07) is 5.61. The normalized spacial score (nSPS) is 10.4. The van der Waals surface area contributed by atoms with Crippen LogP contribution < -0.4 is 11.2 Å². The molecule has 98 valence electrons. The second-order valence-electron chi connectivity index (χ2n) is 4.10. The highest BCUT2D eigenvalue weighted by molar-refractivity contribution is 5.63. The predicted molar refractivity (Wildman–Crippen MR) is 69.0 cm³/mol. The molecule has 0 N–H and O–H groups in total. The number of benzene rings is 1. The van der Waals surface area contributed by atoms with E-state index in [0.29, 0.717) is 11.1 Å². The monoisotopic (exact) mass is 261 g/mol. The Morgan fingerprint density at radius 2 is 1.68 bits per heavy atom. The maximum atomic E-state index is 12.0. The first-order valence-electron chi connectivity index (χ1n) is 5.43. The van der Waals surface area contributed by atoms with Crippen LogP contribution in [0, 0.1) is 10.1 Å². The van der Waals surface area contributed by atoms with E-state index < -0.39 is 16.2 Å². The Labute approximate surface area is 107 Å². The van der Waals surface area contributed by atoms with Gasteiger partial charge in [0.15, 0.2) is 0 Å². The fourth-order valence-corrected chi connectivity index (χ4v) is 1.77. The number of rotatable bonds is 2. The SMILES string of the molecule is Cn1cc(-c2ccc([N+](=O)[O-])cc2)c(=O)n(C)c1=O. The summed E-state index contributed by atoms with van der Waals surface area (Å²) in [6.45, 7) is 0. The molecule has 7 nitrogen and oxygen atoms in total. The van der Waals surface area contributed by atoms with E-state index >= 15 is 0 Å². The number of hydrogen-bond acceptors (Lipinski definition) is 4. The molecule has 0 unspecified atom stereocenters. The van der Waals surface area contributed by atoms with E-state index in [2.05, 4.69) is 0 Å². The van der Waals surface area contributed by atoms with Gasteiger partial charge < -0.3 is 4.57 Å². The summed E-state index contributed by atoms with van der Waals surface area (Å²) in [6.07, 6.45) is 1.42. The lowest BCUT2D eigenvalue weighted by atomic mass is 10.1. The molecule has 0 spiro atoms. The number of non-ortho nitro benzene ring substituents is 1. The minimum Gasteiger partial charge on any atom is -0.303 e. The lowest BCUT2D eigenvalue weighted by Crippen LogP contribution is -2.37. The van der Waals surface area contributed by atoms with Crippen molar-refractivity contribution >= 4 is 5.69 Å². The highest BCUT2D eigenvalue weighted by Gasteiger charge is 2.11. The molecule has 0 saturated carbocycles. The van der Waals surface area contributed by atoms with E-state index in [0.717, 1.165) is 4.57 Å². The van der Waals surface area contributed by atoms with Gasteiger partial charge in [0.25, 0.3) is 11.2 Å². The molecular formula is C12H11N3O4. The number of nitrogens with zero attached hydrogens (tertiary/aromatic N) is 3. The first-order valence-corrected chi connectivity index (χ1v) is 5.43. The summed E-state index contributed by atoms with van der Waals surface area (Å²) in [5.74, 6) is 0. The molecule has 0 saturated heterocycles. The smallest absolute Gasteiger partial charge is 0.303 e. The molecule has 0 aliphatic heterocycles. The van der Waals surface area contributed by atoms with Crippen molar-refractivity contribution in [1.29, 1.82) is 0 Å². The Morgan fingerprint density at radius 1 is 1.11 bits per heavy atom. The van der Waals surface area contributed by atoms with E-state index in [1.54, 1.807) is 0 Å². The average molecular weight is 261 g/mol. The summed E-state index contributed by atoms with van der Waals surface area (Å²) in [7, 11) is 2.93. The standard InChI is InChI=1S/C12H11N3O4/c1-13-7-10(11(16)14(2)12(13)17)8-3-5-9(6-4-8)15(18)19/h3-7H,1-2H3. The van der Waals surface area contributed by atoms with Gasteiger partial charge in [0.05, 0.1) is 10.5 Å². The van der Waals surface area contributed by atoms with Gasteiger partial charge in [-0.1, -0.05) is 0 Å². The van der Waals surface area contributed by atoms with Crippen molar-refractivity contribution in [3.05, 3.63) is 61.4 Å². The van der Waals surface area contributed by atoms with Crippen LogP contribution in [-0.4, -0.2) is 14.1 Å². The van der Waals surface area contributed by atoms with Crippen LogP contribution in [-0.2, 0) is 14.1 Å². The summed E-state index contributed by atoms with van der Waals surface area (Å²) in [4.78, 5) is 33.6. The molecule has 2 rings (SSSR count). The van der Waals surface area contributed by atoms with Gasteiger partial charge in [0, 0.05) is 32.4 Å². The van der Waals surface area contributed by atoms with Crippen LogP contribution in [0.1, 0.15) is 0 Å². The zero-order valence-corrected chi connectivity index (χ0v) is 10.4. The van der Waals surface area contributed by atoms with Gasteiger partial charge >= 0.3 is 5.69 Å². The van der Waals surface area contributed by atoms with Crippen LogP contribution in [0.5, 0.6) is 0 Å². The molecule has 0 radical (unpaired) electrons. The van der Waals surface area contributed by atoms with E-state index in [4.69, 9.17) is 0 Å². The van der Waals surface area contributed by atoms with Gasteiger partial charge in [-0.2, -0.15) is 0 Å². The van der Waals surface area contributed by atoms with Crippen molar-refractivity contribution in [2.75, 3.05) is 0 Å². The first-order chi connectivity index (χ1) is 8.91. The molecule has 0 bridgehead atoms. The third kappa shape index (κ3) is 2.17. The van der Waals surface area contributed by atoms with Crippen LogP contribution in [0.15, 0.2) is 40.1 Å². The number of aromatic nitrogens is 2. The molecule has 1 aromatic heterocycles. The van der Waals surface area contributed by atoms with E-state index in [9.17, 15) is 19.7 Å². The Morgan fingerprint density at radius 3 is 2.21 bits per heavy atom. The van der Waals surface area contributed by atoms with Gasteiger partial charge in [0.1, 0.15) is 0 Å². The second kappa shape index (κ2) is 4.52. The molecule has 0 aliphatic rings. The predicted octanol–water partition coefficient (Wildman–Crippen LogP) is 0.659. The van der Waals surface area contributed by atoms with E-state index in [-0.39, 0.29) is 5.69 Å². The minimum atomic E-state index is -0.511. The zero-order chi connectivity index (χ0) is 14.2. The van der Waals surface area contributed by atoms with Crippen LogP contribution in [0.4, 0.5) is 5.69 Å². The van der Waals surface area contributed by atoms with Crippen molar-refractivity contribution in [3.63, 3.8) is 0 Å². The van der Waals surface area contributed by atoms with Crippen molar-refractivity contribution in [1.82, 2.24) is 9.13 Å². The highest BCUT2D eigenvalue weighted by atomic mass is 16.6. The third-order valence-electron chi connectivity index (χ3n) is 2.84. The van der Waals surface area contributed by atoms with Crippen LogP contribution in [0.3, 0.4) is 0 Å². The summed E-state index contributed by atoms with van der Waals surface area (Å²) >= 11 is 0.